The Morgan fingerprint density at radius 1 is 0.348 bits per heavy atom. The molecule has 2 N–H and O–H groups in total. The maximum atomic E-state index is 6.46. The van der Waals surface area contributed by atoms with Gasteiger partial charge in [-0.15, -0.1) is 0 Å². The number of nitrogens with one attached hydrogen (secondary N) is 2. The lowest BCUT2D eigenvalue weighted by Crippen LogP contribution is -2.48. The maximum absolute atomic E-state index is 6.46. The molecule has 0 fully saturated rings. The Balaban J connectivity index is 1.16. The number of aromatic nitrogens is 4. The van der Waals surface area contributed by atoms with E-state index in [2.05, 4.69) is 230 Å². The van der Waals surface area contributed by atoms with Gasteiger partial charge in [0.15, 0.2) is 0 Å². The maximum Gasteiger partial charge on any atom is 0.119 e. The average molecular weight is 1240 g/mol. The summed E-state index contributed by atoms with van der Waals surface area (Å²) in [5.41, 5.74) is 15.2. The molecule has 9 rings (SSSR count). The molecule has 0 spiro atoms. The van der Waals surface area contributed by atoms with Crippen molar-refractivity contribution < 1.29 is 27.9 Å². The van der Waals surface area contributed by atoms with Gasteiger partial charge in [0, 0.05) is 63.2 Å². The summed E-state index contributed by atoms with van der Waals surface area (Å²) in [6, 6.07) is 43.5. The zero-order valence-electron chi connectivity index (χ0n) is 57.7. The Morgan fingerprint density at radius 2 is 0.630 bits per heavy atom. The minimum absolute atomic E-state index is 0.438. The first-order chi connectivity index (χ1) is 45.0. The smallest absolute Gasteiger partial charge is 0.119 e. The van der Waals surface area contributed by atoms with Crippen molar-refractivity contribution in [1.82, 2.24) is 24.8 Å². The van der Waals surface area contributed by atoms with Gasteiger partial charge >= 0.3 is 0 Å². The van der Waals surface area contributed by atoms with Crippen molar-refractivity contribution in [1.29, 1.82) is 0 Å². The monoisotopic (exact) mass is 1240 g/mol. The summed E-state index contributed by atoms with van der Waals surface area (Å²) in [5.74, 6) is 3.44. The number of unbranched alkanes of at least 4 members (excludes halogenated alkanes) is 8. The standard InChI is InChI=1S/C81H109N7O4/c1-11-20-21-22-23-24-25-26-27-57-89-66-38-30-62(31-39-66)78-70-46-47-72(82-70)79(63-32-40-67(41-33-63)90-58-28-55-87(14-4,15-5)16-6)73-48-49-74(83-73)80(64-34-42-68(43-35-64)91-59-29-56-88(17-7,18-8)19-9)75-51-53-77(85-75)81(76-52-50-71(78)84-76)65-36-44-69(45-37-65)92-60-54-61(10)86(12-2)13-3/h30-53,61,83-84H,11-29,54-60H2,1-10H3/q+2. The molecular weight excluding hydrogens is 1130 g/mol. The Labute approximate surface area is 552 Å². The number of hydrogen-bond donors (Lipinski definition) is 2. The van der Waals surface area contributed by atoms with Crippen LogP contribution in [0.25, 0.3) is 90.9 Å². The molecule has 0 saturated heterocycles. The number of benzene rings is 4. The summed E-state index contributed by atoms with van der Waals surface area (Å²) in [4.78, 5) is 21.7. The van der Waals surface area contributed by atoms with Crippen LogP contribution in [0.1, 0.15) is 169 Å². The van der Waals surface area contributed by atoms with Crippen molar-refractivity contribution in [3.8, 4) is 67.5 Å². The Bertz CT molecular complexity index is 3610. The van der Waals surface area contributed by atoms with E-state index in [0.717, 1.165) is 212 Å². The van der Waals surface area contributed by atoms with Crippen molar-refractivity contribution >= 4 is 46.4 Å². The SMILES string of the molecule is CCCCCCCCCCCOc1ccc(-c2c3nc(c(-c4ccc(OCCC[N+](CC)(CC)CC)cc4)c4ccc([nH]4)c(-c4ccc(OCCC[N+](CC)(CC)CC)cc4)c4nc(c(-c5ccc(OCCC(C)N(CC)CC)cc5)c5ccc2[nH]5)C=C4)C=C3)cc1. The van der Waals surface area contributed by atoms with Gasteiger partial charge < -0.3 is 42.8 Å². The fraction of sp³-hybridized carbons (Fsp3) is 0.457. The molecule has 4 aromatic carbocycles. The van der Waals surface area contributed by atoms with Gasteiger partial charge in [-0.25, -0.2) is 9.97 Å². The summed E-state index contributed by atoms with van der Waals surface area (Å²) in [7, 11) is 0. The second-order valence-corrected chi connectivity index (χ2v) is 25.4. The summed E-state index contributed by atoms with van der Waals surface area (Å²) in [6.07, 6.45) is 23.2. The van der Waals surface area contributed by atoms with E-state index in [-0.39, 0.29) is 0 Å². The van der Waals surface area contributed by atoms with Crippen LogP contribution in [0.2, 0.25) is 0 Å². The number of aromatic amines is 2. The lowest BCUT2D eigenvalue weighted by molar-refractivity contribution is -0.923. The molecule has 1 atom stereocenters. The van der Waals surface area contributed by atoms with Crippen molar-refractivity contribution in [2.24, 2.45) is 0 Å². The van der Waals surface area contributed by atoms with Crippen molar-refractivity contribution in [3.05, 3.63) is 144 Å². The molecular formula is C81H109N7O4+2. The Kier molecular flexibility index (Phi) is 25.8. The molecule has 11 nitrogen and oxygen atoms in total. The summed E-state index contributed by atoms with van der Waals surface area (Å²) in [6.45, 7) is 36.6. The fourth-order valence-electron chi connectivity index (χ4n) is 13.7. The Hall–Kier alpha value is -7.44. The van der Waals surface area contributed by atoms with Gasteiger partial charge in [0.2, 0.25) is 0 Å². The van der Waals surface area contributed by atoms with Gasteiger partial charge in [-0.1, -0.05) is 121 Å². The molecule has 92 heavy (non-hydrogen) atoms. The molecule has 0 radical (unpaired) electrons. The molecule has 0 saturated carbocycles. The predicted octanol–water partition coefficient (Wildman–Crippen LogP) is 20.0. The van der Waals surface area contributed by atoms with E-state index in [1.807, 2.05) is 0 Å². The number of hydrogen-bond acceptors (Lipinski definition) is 7. The third kappa shape index (κ3) is 17.6. The molecule has 0 aliphatic carbocycles. The summed E-state index contributed by atoms with van der Waals surface area (Å²) in [5, 5.41) is 0. The molecule has 2 aliphatic heterocycles. The first-order valence-electron chi connectivity index (χ1n) is 35.6. The van der Waals surface area contributed by atoms with E-state index in [4.69, 9.17) is 28.9 Å². The highest BCUT2D eigenvalue weighted by molar-refractivity contribution is 6.00. The highest BCUT2D eigenvalue weighted by atomic mass is 16.5. The van der Waals surface area contributed by atoms with Gasteiger partial charge in [-0.05, 0) is 194 Å². The number of ether oxygens (including phenoxy) is 4. The largest absolute Gasteiger partial charge is 0.494 e. The molecule has 0 amide bonds. The van der Waals surface area contributed by atoms with Crippen LogP contribution in [0.5, 0.6) is 23.0 Å². The van der Waals surface area contributed by atoms with Crippen LogP contribution in [0, 0.1) is 0 Å². The topological polar surface area (TPSA) is 97.5 Å². The van der Waals surface area contributed by atoms with Gasteiger partial charge in [0.05, 0.1) is 102 Å². The average Bonchev–Trinajstić information content (AvgIpc) is 1.65. The minimum atomic E-state index is 0.438. The zero-order chi connectivity index (χ0) is 64.7. The molecule has 2 aliphatic rings. The second kappa shape index (κ2) is 34.5. The van der Waals surface area contributed by atoms with E-state index < -0.39 is 0 Å². The van der Waals surface area contributed by atoms with Crippen LogP contribution < -0.4 is 18.9 Å². The molecule has 7 aromatic rings. The first-order valence-corrected chi connectivity index (χ1v) is 35.6. The molecule has 3 aromatic heterocycles. The zero-order valence-corrected chi connectivity index (χ0v) is 57.7. The van der Waals surface area contributed by atoms with Gasteiger partial charge in [0.1, 0.15) is 23.0 Å². The van der Waals surface area contributed by atoms with E-state index in [1.54, 1.807) is 0 Å². The third-order valence-electron chi connectivity index (χ3n) is 20.2. The minimum Gasteiger partial charge on any atom is -0.494 e. The second-order valence-electron chi connectivity index (χ2n) is 25.4. The molecule has 8 bridgehead atoms. The van der Waals surface area contributed by atoms with Crippen LogP contribution in [0.15, 0.2) is 121 Å². The number of H-pyrrole nitrogens is 2. The number of nitrogens with zero attached hydrogens (tertiary/aromatic N) is 5. The lowest BCUT2D eigenvalue weighted by atomic mass is 10.0. The molecule has 1 unspecified atom stereocenters. The highest BCUT2D eigenvalue weighted by Crippen LogP contribution is 2.40. The van der Waals surface area contributed by atoms with Crippen molar-refractivity contribution in [2.45, 2.75) is 152 Å². The number of quaternary nitrogens is 2. The van der Waals surface area contributed by atoms with E-state index in [1.165, 1.54) is 51.4 Å². The first kappa shape index (κ1) is 68.9. The van der Waals surface area contributed by atoms with Gasteiger partial charge in [-0.3, -0.25) is 0 Å². The van der Waals surface area contributed by atoms with Gasteiger partial charge in [0.25, 0.3) is 0 Å². The van der Waals surface area contributed by atoms with E-state index >= 15 is 0 Å². The van der Waals surface area contributed by atoms with E-state index in [9.17, 15) is 0 Å². The predicted molar refractivity (Wildman–Crippen MR) is 390 cm³/mol. The van der Waals surface area contributed by atoms with Gasteiger partial charge in [-0.2, -0.15) is 0 Å². The fourth-order valence-corrected chi connectivity index (χ4v) is 13.7. The lowest BCUT2D eigenvalue weighted by Gasteiger charge is -2.35. The summed E-state index contributed by atoms with van der Waals surface area (Å²) < 4.78 is 28.0. The molecule has 11 heteroatoms. The highest BCUT2D eigenvalue weighted by Gasteiger charge is 2.23. The number of rotatable bonds is 38. The van der Waals surface area contributed by atoms with Crippen LogP contribution in [0.4, 0.5) is 0 Å². The summed E-state index contributed by atoms with van der Waals surface area (Å²) >= 11 is 0. The Morgan fingerprint density at radius 3 is 0.924 bits per heavy atom. The van der Waals surface area contributed by atoms with Crippen molar-refractivity contribution in [3.63, 3.8) is 0 Å². The normalized spacial score (nSPS) is 12.7. The van der Waals surface area contributed by atoms with Crippen LogP contribution in [-0.2, 0) is 0 Å². The molecule has 5 heterocycles. The van der Waals surface area contributed by atoms with E-state index in [0.29, 0.717) is 32.5 Å². The van der Waals surface area contributed by atoms with Crippen molar-refractivity contribution in [2.75, 3.05) is 91.9 Å². The quantitative estimate of drug-likeness (QED) is 0.0294. The van der Waals surface area contributed by atoms with Crippen LogP contribution in [-0.4, -0.2) is 132 Å². The number of fused-ring (bicyclic) bond motifs is 8. The molecule has 490 valence electrons. The van der Waals surface area contributed by atoms with Crippen LogP contribution >= 0.6 is 0 Å². The third-order valence-corrected chi connectivity index (χ3v) is 20.2. The van der Waals surface area contributed by atoms with Crippen LogP contribution in [0.3, 0.4) is 0 Å².